The van der Waals surface area contributed by atoms with Gasteiger partial charge >= 0.3 is 5.97 Å². The van der Waals surface area contributed by atoms with E-state index in [2.05, 4.69) is 0 Å². The van der Waals surface area contributed by atoms with Crippen LogP contribution in [0.5, 0.6) is 0 Å². The smallest absolute Gasteiger partial charge is 0.316 e. The molecule has 30 heavy (non-hydrogen) atoms. The first kappa shape index (κ1) is 27.0. The Balaban J connectivity index is 3.38. The van der Waals surface area contributed by atoms with Gasteiger partial charge in [0.25, 0.3) is 0 Å². The highest BCUT2D eigenvalue weighted by molar-refractivity contribution is 5.99. The largest absolute Gasteiger partial charge is 0.459 e. The van der Waals surface area contributed by atoms with Crippen LogP contribution in [-0.2, 0) is 14.3 Å². The Hall–Kier alpha value is -1.02. The Kier molecular flexibility index (Phi) is 9.07. The van der Waals surface area contributed by atoms with Crippen LogP contribution < -0.4 is 0 Å². The zero-order chi connectivity index (χ0) is 23.6. The molecule has 1 fully saturated rings. The lowest BCUT2D eigenvalue weighted by molar-refractivity contribution is -0.189. The number of aliphatic hydroxyl groups is 3. The molecule has 1 aliphatic heterocycles. The van der Waals surface area contributed by atoms with E-state index < -0.39 is 47.3 Å². The molecule has 0 saturated carbocycles. The first-order chi connectivity index (χ1) is 13.6. The van der Waals surface area contributed by atoms with Crippen LogP contribution in [0.2, 0.25) is 0 Å². The maximum atomic E-state index is 13.0. The van der Waals surface area contributed by atoms with Crippen molar-refractivity contribution in [3.63, 3.8) is 0 Å². The Bertz CT molecular complexity index is 605. The molecular formula is C23H43NO6. The van der Waals surface area contributed by atoms with Gasteiger partial charge in [0.1, 0.15) is 29.5 Å². The van der Waals surface area contributed by atoms with Gasteiger partial charge in [-0.25, -0.2) is 0 Å². The molecule has 0 aliphatic carbocycles. The Labute approximate surface area is 181 Å². The fourth-order valence-corrected chi connectivity index (χ4v) is 4.69. The lowest BCUT2D eigenvalue weighted by atomic mass is 9.73. The molecule has 1 saturated heterocycles. The summed E-state index contributed by atoms with van der Waals surface area (Å²) in [5.41, 5.74) is -2.78. The van der Waals surface area contributed by atoms with Crippen LogP contribution >= 0.6 is 0 Å². The van der Waals surface area contributed by atoms with Crippen molar-refractivity contribution in [3.8, 4) is 0 Å². The van der Waals surface area contributed by atoms with Gasteiger partial charge in [-0.1, -0.05) is 27.7 Å². The number of nitrogens with zero attached hydrogens (tertiary/aromatic N) is 1. The van der Waals surface area contributed by atoms with E-state index >= 15 is 0 Å². The standard InChI is InChI=1S/C23H43NO6/c1-10-18-23(8,29)20(26)17(6)24(9)12-13(2)11-22(7,28)16(5)14(3)19(25)15(4)21(27)30-18/h13-18,20,26,28-29H,10-12H2,1-9H3/t13-,14-,15-,16-,17-,18-,20-,22-,23-/m1/s1. The van der Waals surface area contributed by atoms with Crippen LogP contribution in [-0.4, -0.2) is 75.0 Å². The van der Waals surface area contributed by atoms with Crippen LogP contribution in [0, 0.1) is 23.7 Å². The number of rotatable bonds is 1. The number of cyclic esters (lactones) is 1. The minimum Gasteiger partial charge on any atom is -0.459 e. The minimum atomic E-state index is -1.69. The van der Waals surface area contributed by atoms with E-state index in [1.165, 1.54) is 13.8 Å². The molecule has 0 unspecified atom stereocenters. The first-order valence-corrected chi connectivity index (χ1v) is 11.1. The third-order valence-corrected chi connectivity index (χ3v) is 7.35. The molecule has 0 bridgehead atoms. The molecule has 3 N–H and O–H groups in total. The molecule has 9 atom stereocenters. The predicted molar refractivity (Wildman–Crippen MR) is 116 cm³/mol. The second-order valence-electron chi connectivity index (χ2n) is 10.1. The van der Waals surface area contributed by atoms with Crippen molar-refractivity contribution < 1.29 is 29.6 Å². The summed E-state index contributed by atoms with van der Waals surface area (Å²) in [7, 11) is 1.86. The maximum Gasteiger partial charge on any atom is 0.316 e. The molecule has 0 amide bonds. The number of carbonyl (C=O) groups is 2. The highest BCUT2D eigenvalue weighted by atomic mass is 16.6. The average molecular weight is 430 g/mol. The van der Waals surface area contributed by atoms with E-state index in [4.69, 9.17) is 4.74 Å². The summed E-state index contributed by atoms with van der Waals surface area (Å²) >= 11 is 0. The van der Waals surface area contributed by atoms with Gasteiger partial charge in [0.2, 0.25) is 0 Å². The van der Waals surface area contributed by atoms with E-state index in [1.807, 2.05) is 32.7 Å². The molecular weight excluding hydrogens is 386 g/mol. The maximum absolute atomic E-state index is 13.0. The number of ether oxygens (including phenoxy) is 1. The number of likely N-dealkylation sites (N-methyl/N-ethyl adjacent to an activating group) is 1. The predicted octanol–water partition coefficient (Wildman–Crippen LogP) is 2.01. The van der Waals surface area contributed by atoms with E-state index in [-0.39, 0.29) is 17.6 Å². The Morgan fingerprint density at radius 2 is 1.63 bits per heavy atom. The number of carbonyl (C=O) groups excluding carboxylic acids is 2. The molecule has 1 rings (SSSR count). The molecule has 0 spiro atoms. The monoisotopic (exact) mass is 429 g/mol. The summed E-state index contributed by atoms with van der Waals surface area (Å²) in [6.07, 6.45) is -1.37. The number of hydrogen-bond acceptors (Lipinski definition) is 7. The van der Waals surface area contributed by atoms with Crippen LogP contribution in [0.15, 0.2) is 0 Å². The number of ketones is 1. The van der Waals surface area contributed by atoms with Gasteiger partial charge in [-0.15, -0.1) is 0 Å². The van der Waals surface area contributed by atoms with Gasteiger partial charge in [0, 0.05) is 18.5 Å². The first-order valence-electron chi connectivity index (χ1n) is 11.1. The van der Waals surface area contributed by atoms with E-state index in [0.717, 1.165) is 0 Å². The van der Waals surface area contributed by atoms with E-state index in [9.17, 15) is 24.9 Å². The van der Waals surface area contributed by atoms with Gasteiger partial charge in [0.05, 0.1) is 5.60 Å². The van der Waals surface area contributed by atoms with E-state index in [1.54, 1.807) is 20.8 Å². The van der Waals surface area contributed by atoms with Crippen molar-refractivity contribution in [2.24, 2.45) is 23.7 Å². The zero-order valence-electron chi connectivity index (χ0n) is 20.2. The summed E-state index contributed by atoms with van der Waals surface area (Å²) < 4.78 is 5.53. The van der Waals surface area contributed by atoms with E-state index in [0.29, 0.717) is 19.4 Å². The third kappa shape index (κ3) is 5.81. The van der Waals surface area contributed by atoms with Gasteiger partial charge in [0.15, 0.2) is 0 Å². The quantitative estimate of drug-likeness (QED) is 0.432. The number of aliphatic hydroxyl groups excluding tert-OH is 1. The summed E-state index contributed by atoms with van der Waals surface area (Å²) in [4.78, 5) is 27.6. The highest BCUT2D eigenvalue weighted by Gasteiger charge is 2.46. The summed E-state index contributed by atoms with van der Waals surface area (Å²) in [5, 5.41) is 33.1. The van der Waals surface area contributed by atoms with Gasteiger partial charge in [-0.2, -0.15) is 0 Å². The second-order valence-corrected chi connectivity index (χ2v) is 10.1. The molecule has 7 nitrogen and oxygen atoms in total. The fourth-order valence-electron chi connectivity index (χ4n) is 4.69. The van der Waals surface area contributed by atoms with Crippen LogP contribution in [0.25, 0.3) is 0 Å². The number of hydrogen-bond donors (Lipinski definition) is 3. The van der Waals surface area contributed by atoms with Crippen molar-refractivity contribution in [3.05, 3.63) is 0 Å². The fraction of sp³-hybridized carbons (Fsp3) is 0.913. The molecule has 1 heterocycles. The SMILES string of the molecule is CC[C@H]1OC(=O)[C@H](C)C(=O)[C@H](C)[C@@H](C)[C@](C)(O)C[C@@H](C)CN(C)[C@H](C)[C@@H](O)[C@]1(C)O. The highest BCUT2D eigenvalue weighted by Crippen LogP contribution is 2.34. The zero-order valence-corrected chi connectivity index (χ0v) is 20.2. The molecule has 1 aliphatic rings. The summed E-state index contributed by atoms with van der Waals surface area (Å²) in [6, 6.07) is -0.416. The van der Waals surface area contributed by atoms with Crippen molar-refractivity contribution in [1.29, 1.82) is 0 Å². The topological polar surface area (TPSA) is 107 Å². The molecule has 0 aromatic heterocycles. The lowest BCUT2D eigenvalue weighted by Gasteiger charge is -2.42. The van der Waals surface area contributed by atoms with Crippen molar-refractivity contribution in [1.82, 2.24) is 4.90 Å². The summed E-state index contributed by atoms with van der Waals surface area (Å²) in [5.74, 6) is -2.85. The minimum absolute atomic E-state index is 0.0803. The number of esters is 1. The van der Waals surface area contributed by atoms with Gasteiger partial charge < -0.3 is 25.0 Å². The summed E-state index contributed by atoms with van der Waals surface area (Å²) in [6.45, 7) is 14.4. The molecule has 0 aromatic rings. The molecule has 0 radical (unpaired) electrons. The Morgan fingerprint density at radius 3 is 2.13 bits per heavy atom. The van der Waals surface area contributed by atoms with Crippen molar-refractivity contribution in [2.75, 3.05) is 13.6 Å². The second kappa shape index (κ2) is 10.1. The van der Waals surface area contributed by atoms with Crippen LogP contribution in [0.1, 0.15) is 68.2 Å². The molecule has 0 aromatic carbocycles. The van der Waals surface area contributed by atoms with Gasteiger partial charge in [-0.05, 0) is 59.4 Å². The van der Waals surface area contributed by atoms with Crippen molar-refractivity contribution in [2.45, 2.75) is 97.7 Å². The van der Waals surface area contributed by atoms with Crippen LogP contribution in [0.3, 0.4) is 0 Å². The van der Waals surface area contributed by atoms with Gasteiger partial charge in [-0.3, -0.25) is 9.59 Å². The number of Topliss-reactive ketones (excluding diaryl/α,β-unsaturated/α-hetero) is 1. The Morgan fingerprint density at radius 1 is 1.10 bits per heavy atom. The normalized spacial score (nSPS) is 46.1. The van der Waals surface area contributed by atoms with Crippen LogP contribution in [0.4, 0.5) is 0 Å². The third-order valence-electron chi connectivity index (χ3n) is 7.35. The van der Waals surface area contributed by atoms with Crippen molar-refractivity contribution >= 4 is 11.8 Å². The molecule has 7 heteroatoms. The lowest BCUT2D eigenvalue weighted by Crippen LogP contribution is -2.59. The average Bonchev–Trinajstić information content (AvgIpc) is 2.66. The molecule has 176 valence electrons.